The predicted octanol–water partition coefficient (Wildman–Crippen LogP) is 2.95. The van der Waals surface area contributed by atoms with Gasteiger partial charge in [0.2, 0.25) is 0 Å². The molecule has 0 radical (unpaired) electrons. The summed E-state index contributed by atoms with van der Waals surface area (Å²) in [7, 11) is 0. The number of aryl methyl sites for hydroxylation is 2. The highest BCUT2D eigenvalue weighted by Crippen LogP contribution is 2.20. The first-order valence-electron chi connectivity index (χ1n) is 7.03. The molecular weight excluding hydrogens is 254 g/mol. The number of nitrogens with zero attached hydrogens (tertiary/aromatic N) is 3. The molecule has 0 aliphatic rings. The maximum atomic E-state index is 12.0. The number of ether oxygens (including phenoxy) is 1. The van der Waals surface area contributed by atoms with E-state index < -0.39 is 6.04 Å². The van der Waals surface area contributed by atoms with E-state index in [0.29, 0.717) is 6.61 Å². The van der Waals surface area contributed by atoms with Crippen LogP contribution in [0.25, 0.3) is 11.0 Å². The molecule has 2 rings (SSSR count). The van der Waals surface area contributed by atoms with Crippen molar-refractivity contribution >= 4 is 17.0 Å². The van der Waals surface area contributed by atoms with Crippen molar-refractivity contribution in [2.24, 2.45) is 0 Å². The van der Waals surface area contributed by atoms with Gasteiger partial charge in [-0.3, -0.25) is 0 Å². The van der Waals surface area contributed by atoms with Crippen molar-refractivity contribution < 1.29 is 9.53 Å². The number of aromatic nitrogens is 3. The number of fused-ring (bicyclic) bond motifs is 1. The lowest BCUT2D eigenvalue weighted by atomic mass is 10.1. The van der Waals surface area contributed by atoms with E-state index in [2.05, 4.69) is 17.2 Å². The van der Waals surface area contributed by atoms with Gasteiger partial charge in [0.05, 0.1) is 12.1 Å². The average Bonchev–Trinajstić information content (AvgIpc) is 2.81. The van der Waals surface area contributed by atoms with E-state index in [4.69, 9.17) is 4.74 Å². The summed E-state index contributed by atoms with van der Waals surface area (Å²) < 4.78 is 6.88. The Kier molecular flexibility index (Phi) is 4.37. The maximum absolute atomic E-state index is 12.0. The zero-order valence-corrected chi connectivity index (χ0v) is 12.5. The lowest BCUT2D eigenvalue weighted by molar-refractivity contribution is -0.147. The average molecular weight is 275 g/mol. The van der Waals surface area contributed by atoms with Gasteiger partial charge in [0, 0.05) is 0 Å². The maximum Gasteiger partial charge on any atom is 0.330 e. The topological polar surface area (TPSA) is 57.0 Å². The Morgan fingerprint density at radius 3 is 2.75 bits per heavy atom. The molecule has 1 aromatic carbocycles. The zero-order valence-electron chi connectivity index (χ0n) is 12.5. The van der Waals surface area contributed by atoms with Crippen LogP contribution in [0.4, 0.5) is 0 Å². The quantitative estimate of drug-likeness (QED) is 0.622. The minimum atomic E-state index is -0.459. The summed E-state index contributed by atoms with van der Waals surface area (Å²) in [5.41, 5.74) is 4.00. The van der Waals surface area contributed by atoms with Crippen LogP contribution in [0.15, 0.2) is 12.1 Å². The van der Waals surface area contributed by atoms with E-state index in [1.165, 1.54) is 5.56 Å². The van der Waals surface area contributed by atoms with Crippen molar-refractivity contribution in [3.05, 3.63) is 23.3 Å². The Bertz CT molecular complexity index is 619. The van der Waals surface area contributed by atoms with Crippen LogP contribution in [0.5, 0.6) is 0 Å². The molecule has 5 nitrogen and oxygen atoms in total. The van der Waals surface area contributed by atoms with Crippen molar-refractivity contribution in [1.29, 1.82) is 0 Å². The monoisotopic (exact) mass is 275 g/mol. The number of carbonyl (C=O) groups excluding carboxylic acids is 1. The molecule has 0 fully saturated rings. The molecule has 0 N–H and O–H groups in total. The highest BCUT2D eigenvalue weighted by atomic mass is 16.5. The molecule has 0 aliphatic heterocycles. The summed E-state index contributed by atoms with van der Waals surface area (Å²) in [5, 5.41) is 8.22. The number of carbonyl (C=O) groups is 1. The van der Waals surface area contributed by atoms with Crippen LogP contribution in [-0.4, -0.2) is 27.6 Å². The predicted molar refractivity (Wildman–Crippen MR) is 77.6 cm³/mol. The third-order valence-corrected chi connectivity index (χ3v) is 3.54. The Morgan fingerprint density at radius 2 is 2.05 bits per heavy atom. The lowest BCUT2D eigenvalue weighted by Crippen LogP contribution is -2.20. The smallest absolute Gasteiger partial charge is 0.330 e. The van der Waals surface area contributed by atoms with Gasteiger partial charge in [-0.2, -0.15) is 0 Å². The fraction of sp³-hybridized carbons (Fsp3) is 0.533. The summed E-state index contributed by atoms with van der Waals surface area (Å²) in [6, 6.07) is 3.54. The summed E-state index contributed by atoms with van der Waals surface area (Å²) in [6.45, 7) is 8.39. The highest BCUT2D eigenvalue weighted by molar-refractivity contribution is 5.80. The molecule has 5 heteroatoms. The second-order valence-corrected chi connectivity index (χ2v) is 5.16. The second kappa shape index (κ2) is 6.03. The third-order valence-electron chi connectivity index (χ3n) is 3.54. The third kappa shape index (κ3) is 2.81. The molecule has 1 atom stereocenters. The fourth-order valence-electron chi connectivity index (χ4n) is 2.02. The van der Waals surface area contributed by atoms with Crippen LogP contribution in [0.3, 0.4) is 0 Å². The Hall–Kier alpha value is -1.91. The summed E-state index contributed by atoms with van der Waals surface area (Å²) >= 11 is 0. The second-order valence-electron chi connectivity index (χ2n) is 5.16. The molecule has 0 bridgehead atoms. The van der Waals surface area contributed by atoms with Gasteiger partial charge >= 0.3 is 5.97 Å². The van der Waals surface area contributed by atoms with Gasteiger partial charge in [-0.1, -0.05) is 18.6 Å². The molecule has 0 amide bonds. The van der Waals surface area contributed by atoms with E-state index in [1.54, 1.807) is 11.6 Å². The molecule has 20 heavy (non-hydrogen) atoms. The fourth-order valence-corrected chi connectivity index (χ4v) is 2.02. The largest absolute Gasteiger partial charge is 0.464 e. The number of esters is 1. The van der Waals surface area contributed by atoms with Gasteiger partial charge < -0.3 is 4.74 Å². The molecule has 1 unspecified atom stereocenters. The Labute approximate surface area is 118 Å². The lowest BCUT2D eigenvalue weighted by Gasteiger charge is -2.12. The van der Waals surface area contributed by atoms with Gasteiger partial charge in [0.1, 0.15) is 11.6 Å². The zero-order chi connectivity index (χ0) is 14.7. The van der Waals surface area contributed by atoms with Crippen molar-refractivity contribution in [3.8, 4) is 0 Å². The van der Waals surface area contributed by atoms with Crippen molar-refractivity contribution in [2.75, 3.05) is 6.61 Å². The molecule has 108 valence electrons. The first-order chi connectivity index (χ1) is 9.54. The van der Waals surface area contributed by atoms with Crippen molar-refractivity contribution in [1.82, 2.24) is 15.0 Å². The van der Waals surface area contributed by atoms with Crippen LogP contribution in [0, 0.1) is 13.8 Å². The highest BCUT2D eigenvalue weighted by Gasteiger charge is 2.20. The van der Waals surface area contributed by atoms with E-state index in [0.717, 1.165) is 29.4 Å². The standard InChI is InChI=1S/C15H21N3O2/c1-5-6-7-20-15(19)12(4)18-14-9-11(3)10(2)8-13(14)16-17-18/h8-9,12H,5-7H2,1-4H3. The molecule has 0 saturated carbocycles. The van der Waals surface area contributed by atoms with Gasteiger partial charge in [-0.05, 0) is 50.5 Å². The van der Waals surface area contributed by atoms with Gasteiger partial charge in [0.15, 0.2) is 0 Å². The minimum absolute atomic E-state index is 0.261. The van der Waals surface area contributed by atoms with Gasteiger partial charge in [-0.15, -0.1) is 5.10 Å². The number of unbranched alkanes of at least 4 members (excludes halogenated alkanes) is 1. The molecule has 2 aromatic rings. The Balaban J connectivity index is 2.24. The number of hydrogen-bond acceptors (Lipinski definition) is 4. The van der Waals surface area contributed by atoms with Crippen LogP contribution in [0.1, 0.15) is 43.9 Å². The number of rotatable bonds is 5. The Morgan fingerprint density at radius 1 is 1.35 bits per heavy atom. The summed E-state index contributed by atoms with van der Waals surface area (Å²) in [6.07, 6.45) is 1.89. The van der Waals surface area contributed by atoms with E-state index in [1.807, 2.05) is 26.0 Å². The number of hydrogen-bond donors (Lipinski definition) is 0. The van der Waals surface area contributed by atoms with Crippen molar-refractivity contribution in [3.63, 3.8) is 0 Å². The molecule has 0 saturated heterocycles. The summed E-state index contributed by atoms with van der Waals surface area (Å²) in [4.78, 5) is 12.0. The first kappa shape index (κ1) is 14.5. The van der Waals surface area contributed by atoms with E-state index in [9.17, 15) is 4.79 Å². The molecule has 0 aliphatic carbocycles. The molecule has 0 spiro atoms. The molecule has 1 heterocycles. The van der Waals surface area contributed by atoms with Crippen LogP contribution in [-0.2, 0) is 9.53 Å². The SMILES string of the molecule is CCCCOC(=O)C(C)n1nnc2cc(C)c(C)cc21. The molecular formula is C15H21N3O2. The van der Waals surface area contributed by atoms with Gasteiger partial charge in [-0.25, -0.2) is 9.48 Å². The summed E-state index contributed by atoms with van der Waals surface area (Å²) in [5.74, 6) is -0.261. The minimum Gasteiger partial charge on any atom is -0.464 e. The molecule has 1 aromatic heterocycles. The van der Waals surface area contributed by atoms with Crippen LogP contribution >= 0.6 is 0 Å². The van der Waals surface area contributed by atoms with Crippen LogP contribution in [0.2, 0.25) is 0 Å². The normalized spacial score (nSPS) is 12.6. The van der Waals surface area contributed by atoms with Gasteiger partial charge in [0.25, 0.3) is 0 Å². The van der Waals surface area contributed by atoms with E-state index in [-0.39, 0.29) is 5.97 Å². The number of benzene rings is 1. The van der Waals surface area contributed by atoms with Crippen LogP contribution < -0.4 is 0 Å². The first-order valence-corrected chi connectivity index (χ1v) is 7.03. The van der Waals surface area contributed by atoms with Crippen molar-refractivity contribution in [2.45, 2.75) is 46.6 Å². The van der Waals surface area contributed by atoms with E-state index >= 15 is 0 Å².